The molecule has 88 valence electrons. The molecular formula is C13H14FN3. The molecule has 3 rings (SSSR count). The Morgan fingerprint density at radius 1 is 1.35 bits per heavy atom. The molecule has 0 aliphatic carbocycles. The van der Waals surface area contributed by atoms with Crippen molar-refractivity contribution >= 4 is 16.6 Å². The zero-order valence-electron chi connectivity index (χ0n) is 9.41. The van der Waals surface area contributed by atoms with E-state index in [9.17, 15) is 4.39 Å². The van der Waals surface area contributed by atoms with Crippen molar-refractivity contribution in [3.63, 3.8) is 0 Å². The molecule has 17 heavy (non-hydrogen) atoms. The van der Waals surface area contributed by atoms with Crippen LogP contribution >= 0.6 is 0 Å². The first-order chi connectivity index (χ1) is 8.33. The number of nitrogens with zero attached hydrogens (tertiary/aromatic N) is 1. The Morgan fingerprint density at radius 2 is 2.29 bits per heavy atom. The van der Waals surface area contributed by atoms with Gasteiger partial charge < -0.3 is 10.6 Å². The molecule has 1 aliphatic rings. The molecule has 2 aromatic rings. The number of nitrogens with one attached hydrogen (secondary N) is 2. The van der Waals surface area contributed by atoms with Crippen molar-refractivity contribution in [2.45, 2.75) is 12.5 Å². The van der Waals surface area contributed by atoms with E-state index in [1.165, 1.54) is 12.1 Å². The fourth-order valence-corrected chi connectivity index (χ4v) is 2.23. The molecule has 2 heterocycles. The van der Waals surface area contributed by atoms with Gasteiger partial charge in [-0.25, -0.2) is 9.37 Å². The van der Waals surface area contributed by atoms with Crippen LogP contribution in [0.2, 0.25) is 0 Å². The van der Waals surface area contributed by atoms with Crippen LogP contribution in [0.1, 0.15) is 6.42 Å². The molecule has 0 amide bonds. The van der Waals surface area contributed by atoms with Crippen molar-refractivity contribution in [2.75, 3.05) is 18.4 Å². The number of pyridine rings is 1. The monoisotopic (exact) mass is 231 g/mol. The summed E-state index contributed by atoms with van der Waals surface area (Å²) in [7, 11) is 0. The largest absolute Gasteiger partial charge is 0.365 e. The molecule has 1 unspecified atom stereocenters. The summed E-state index contributed by atoms with van der Waals surface area (Å²) in [6.45, 7) is 2.00. The molecule has 3 nitrogen and oxygen atoms in total. The van der Waals surface area contributed by atoms with Gasteiger partial charge in [-0.2, -0.15) is 0 Å². The Bertz CT molecular complexity index is 535. The number of benzene rings is 1. The number of hydrogen-bond donors (Lipinski definition) is 2. The Balaban J connectivity index is 1.97. The summed E-state index contributed by atoms with van der Waals surface area (Å²) < 4.78 is 13.1. The average Bonchev–Trinajstić information content (AvgIpc) is 2.82. The summed E-state index contributed by atoms with van der Waals surface area (Å²) in [5.74, 6) is 0.633. The number of hydrogen-bond acceptors (Lipinski definition) is 3. The Labute approximate surface area is 99.1 Å². The molecule has 4 heteroatoms. The predicted molar refractivity (Wildman–Crippen MR) is 66.6 cm³/mol. The molecule has 0 bridgehead atoms. The van der Waals surface area contributed by atoms with Gasteiger partial charge >= 0.3 is 0 Å². The lowest BCUT2D eigenvalue weighted by Gasteiger charge is -2.13. The lowest BCUT2D eigenvalue weighted by atomic mass is 10.1. The highest BCUT2D eigenvalue weighted by Gasteiger charge is 2.15. The van der Waals surface area contributed by atoms with Gasteiger partial charge in [-0.15, -0.1) is 0 Å². The Morgan fingerprint density at radius 3 is 3.12 bits per heavy atom. The quantitative estimate of drug-likeness (QED) is 0.831. The topological polar surface area (TPSA) is 37.0 Å². The van der Waals surface area contributed by atoms with Crippen molar-refractivity contribution in [3.8, 4) is 0 Å². The zero-order chi connectivity index (χ0) is 11.7. The van der Waals surface area contributed by atoms with Crippen LogP contribution in [-0.2, 0) is 0 Å². The van der Waals surface area contributed by atoms with Crippen LogP contribution in [0.5, 0.6) is 0 Å². The van der Waals surface area contributed by atoms with E-state index in [0.29, 0.717) is 6.04 Å². The van der Waals surface area contributed by atoms with Crippen LogP contribution in [0, 0.1) is 5.82 Å². The third-order valence-electron chi connectivity index (χ3n) is 3.13. The number of anilines is 1. The summed E-state index contributed by atoms with van der Waals surface area (Å²) in [6.07, 6.45) is 2.81. The average molecular weight is 231 g/mol. The number of aromatic nitrogens is 1. The van der Waals surface area contributed by atoms with Gasteiger partial charge in [0, 0.05) is 24.2 Å². The second-order valence-electron chi connectivity index (χ2n) is 4.36. The van der Waals surface area contributed by atoms with E-state index in [-0.39, 0.29) is 5.82 Å². The van der Waals surface area contributed by atoms with Crippen molar-refractivity contribution in [3.05, 3.63) is 36.3 Å². The summed E-state index contributed by atoms with van der Waals surface area (Å²) in [4.78, 5) is 4.34. The predicted octanol–water partition coefficient (Wildman–Crippen LogP) is 2.15. The Kier molecular flexibility index (Phi) is 2.65. The fourth-order valence-electron chi connectivity index (χ4n) is 2.23. The second-order valence-corrected chi connectivity index (χ2v) is 4.36. The first-order valence-electron chi connectivity index (χ1n) is 5.84. The van der Waals surface area contributed by atoms with Gasteiger partial charge in [0.1, 0.15) is 11.6 Å². The van der Waals surface area contributed by atoms with Gasteiger partial charge in [0.05, 0.1) is 0 Å². The van der Waals surface area contributed by atoms with Crippen molar-refractivity contribution in [1.29, 1.82) is 0 Å². The maximum Gasteiger partial charge on any atom is 0.134 e. The van der Waals surface area contributed by atoms with Crippen LogP contribution in [0.15, 0.2) is 30.5 Å². The molecule has 0 spiro atoms. The third-order valence-corrected chi connectivity index (χ3v) is 3.13. The lowest BCUT2D eigenvalue weighted by Crippen LogP contribution is -2.22. The molecule has 0 saturated carbocycles. The van der Waals surface area contributed by atoms with Gasteiger partial charge in [0.25, 0.3) is 0 Å². The highest BCUT2D eigenvalue weighted by Crippen LogP contribution is 2.22. The highest BCUT2D eigenvalue weighted by atomic mass is 19.1. The number of fused-ring (bicyclic) bond motifs is 1. The molecule has 1 aromatic heterocycles. The first-order valence-corrected chi connectivity index (χ1v) is 5.84. The SMILES string of the molecule is Fc1ccc2c(NC3CCNC3)nccc2c1. The van der Waals surface area contributed by atoms with Gasteiger partial charge in [-0.05, 0) is 42.6 Å². The van der Waals surface area contributed by atoms with E-state index in [2.05, 4.69) is 15.6 Å². The lowest BCUT2D eigenvalue weighted by molar-refractivity contribution is 0.629. The number of halogens is 1. The molecule has 1 aromatic carbocycles. The van der Waals surface area contributed by atoms with Gasteiger partial charge in [0.15, 0.2) is 0 Å². The van der Waals surface area contributed by atoms with E-state index in [4.69, 9.17) is 0 Å². The van der Waals surface area contributed by atoms with E-state index in [0.717, 1.165) is 36.1 Å². The Hall–Kier alpha value is -1.68. The van der Waals surface area contributed by atoms with E-state index < -0.39 is 0 Å². The molecule has 1 fully saturated rings. The minimum atomic E-state index is -0.211. The number of rotatable bonds is 2. The van der Waals surface area contributed by atoms with E-state index in [1.54, 1.807) is 12.3 Å². The molecule has 1 aliphatic heterocycles. The van der Waals surface area contributed by atoms with E-state index in [1.807, 2.05) is 6.07 Å². The van der Waals surface area contributed by atoms with Crippen molar-refractivity contribution in [1.82, 2.24) is 10.3 Å². The van der Waals surface area contributed by atoms with Crippen LogP contribution in [0.3, 0.4) is 0 Å². The van der Waals surface area contributed by atoms with Crippen LogP contribution in [0.4, 0.5) is 10.2 Å². The van der Waals surface area contributed by atoms with Crippen LogP contribution < -0.4 is 10.6 Å². The third kappa shape index (κ3) is 2.08. The minimum absolute atomic E-state index is 0.211. The standard InChI is InChI=1S/C13H14FN3/c14-10-1-2-12-9(7-10)3-6-16-13(12)17-11-4-5-15-8-11/h1-3,6-7,11,15H,4-5,8H2,(H,16,17). The van der Waals surface area contributed by atoms with Crippen molar-refractivity contribution in [2.24, 2.45) is 0 Å². The van der Waals surface area contributed by atoms with Gasteiger partial charge in [0.2, 0.25) is 0 Å². The molecule has 1 atom stereocenters. The molecule has 1 saturated heterocycles. The fraction of sp³-hybridized carbons (Fsp3) is 0.308. The second kappa shape index (κ2) is 4.30. The van der Waals surface area contributed by atoms with Crippen molar-refractivity contribution < 1.29 is 4.39 Å². The maximum absolute atomic E-state index is 13.1. The van der Waals surface area contributed by atoms with E-state index >= 15 is 0 Å². The minimum Gasteiger partial charge on any atom is -0.365 e. The molecule has 2 N–H and O–H groups in total. The van der Waals surface area contributed by atoms with Crippen LogP contribution in [-0.4, -0.2) is 24.1 Å². The molecule has 0 radical (unpaired) electrons. The molecular weight excluding hydrogens is 217 g/mol. The summed E-state index contributed by atoms with van der Waals surface area (Å²) in [5, 5.41) is 8.56. The summed E-state index contributed by atoms with van der Waals surface area (Å²) in [5.41, 5.74) is 0. The van der Waals surface area contributed by atoms with Crippen LogP contribution in [0.25, 0.3) is 10.8 Å². The highest BCUT2D eigenvalue weighted by molar-refractivity contribution is 5.91. The zero-order valence-corrected chi connectivity index (χ0v) is 9.41. The first kappa shape index (κ1) is 10.5. The summed E-state index contributed by atoms with van der Waals surface area (Å²) >= 11 is 0. The smallest absolute Gasteiger partial charge is 0.134 e. The summed E-state index contributed by atoms with van der Waals surface area (Å²) in [6, 6.07) is 7.04. The maximum atomic E-state index is 13.1. The van der Waals surface area contributed by atoms with Gasteiger partial charge in [-0.3, -0.25) is 0 Å². The van der Waals surface area contributed by atoms with Gasteiger partial charge in [-0.1, -0.05) is 0 Å². The normalized spacial score (nSPS) is 19.7.